The molecule has 0 aromatic heterocycles. The molecule has 0 atom stereocenters. The summed E-state index contributed by atoms with van der Waals surface area (Å²) in [6.07, 6.45) is 0.534. The van der Waals surface area contributed by atoms with Crippen molar-refractivity contribution in [1.82, 2.24) is 4.72 Å². The third kappa shape index (κ3) is 4.56. The number of nitrogens with one attached hydrogen (secondary N) is 1. The maximum Gasteiger partial charge on any atom is 0.338 e. The van der Waals surface area contributed by atoms with Crippen LogP contribution in [0.4, 0.5) is 0 Å². The van der Waals surface area contributed by atoms with E-state index in [1.54, 1.807) is 25.1 Å². The summed E-state index contributed by atoms with van der Waals surface area (Å²) >= 11 is 5.81. The smallest absolute Gasteiger partial charge is 0.338 e. The van der Waals surface area contributed by atoms with Gasteiger partial charge in [0.2, 0.25) is 10.0 Å². The number of esters is 1. The first-order chi connectivity index (χ1) is 11.3. The van der Waals surface area contributed by atoms with Crippen molar-refractivity contribution in [2.75, 3.05) is 13.7 Å². The van der Waals surface area contributed by atoms with Gasteiger partial charge >= 0.3 is 5.97 Å². The number of aryl methyl sites for hydroxylation is 1. The van der Waals surface area contributed by atoms with E-state index in [0.29, 0.717) is 17.0 Å². The van der Waals surface area contributed by atoms with Crippen molar-refractivity contribution in [3.05, 3.63) is 64.2 Å². The second kappa shape index (κ2) is 7.79. The maximum absolute atomic E-state index is 12.4. The van der Waals surface area contributed by atoms with E-state index in [9.17, 15) is 13.2 Å². The van der Waals surface area contributed by atoms with Gasteiger partial charge < -0.3 is 4.74 Å². The highest BCUT2D eigenvalue weighted by Gasteiger charge is 2.18. The lowest BCUT2D eigenvalue weighted by molar-refractivity contribution is 0.0599. The number of rotatable bonds is 6. The summed E-state index contributed by atoms with van der Waals surface area (Å²) in [7, 11) is -2.45. The van der Waals surface area contributed by atoms with E-state index in [4.69, 9.17) is 11.6 Å². The van der Waals surface area contributed by atoms with Crippen LogP contribution in [-0.4, -0.2) is 28.0 Å². The minimum Gasteiger partial charge on any atom is -0.465 e. The van der Waals surface area contributed by atoms with Crippen LogP contribution in [0.25, 0.3) is 0 Å². The fraction of sp³-hybridized carbons (Fsp3) is 0.235. The molecule has 0 spiro atoms. The summed E-state index contributed by atoms with van der Waals surface area (Å²) in [5, 5.41) is 0.634. The highest BCUT2D eigenvalue weighted by molar-refractivity contribution is 7.89. The maximum atomic E-state index is 12.4. The van der Waals surface area contributed by atoms with E-state index in [1.165, 1.54) is 19.2 Å². The van der Waals surface area contributed by atoms with Crippen LogP contribution in [0.15, 0.2) is 47.4 Å². The van der Waals surface area contributed by atoms with Crippen molar-refractivity contribution < 1.29 is 17.9 Å². The monoisotopic (exact) mass is 367 g/mol. The normalized spacial score (nSPS) is 11.3. The molecule has 0 bridgehead atoms. The van der Waals surface area contributed by atoms with Crippen molar-refractivity contribution in [3.8, 4) is 0 Å². The third-order valence-corrected chi connectivity index (χ3v) is 5.25. The average molecular weight is 368 g/mol. The fourth-order valence-electron chi connectivity index (χ4n) is 2.16. The minimum atomic E-state index is -3.70. The zero-order chi connectivity index (χ0) is 17.7. The summed E-state index contributed by atoms with van der Waals surface area (Å²) in [5.41, 5.74) is 1.86. The van der Waals surface area contributed by atoms with E-state index >= 15 is 0 Å². The molecule has 7 heteroatoms. The lowest BCUT2D eigenvalue weighted by Crippen LogP contribution is -2.26. The van der Waals surface area contributed by atoms with Crippen molar-refractivity contribution in [1.29, 1.82) is 0 Å². The number of halogens is 1. The molecule has 0 saturated carbocycles. The van der Waals surface area contributed by atoms with Gasteiger partial charge in [-0.25, -0.2) is 17.9 Å². The number of hydrogen-bond donors (Lipinski definition) is 1. The average Bonchev–Trinajstić information content (AvgIpc) is 2.56. The summed E-state index contributed by atoms with van der Waals surface area (Å²) in [5.74, 6) is -0.564. The molecule has 2 aromatic carbocycles. The number of benzene rings is 2. The standard InChI is InChI=1S/C17H18ClNO4S/c1-12-3-8-15(11-16(12)17(20)23-2)24(21,22)19-10-9-13-4-6-14(18)7-5-13/h3-8,11,19H,9-10H2,1-2H3. The van der Waals surface area contributed by atoms with E-state index in [1.807, 2.05) is 12.1 Å². The van der Waals surface area contributed by atoms with Gasteiger partial charge in [-0.05, 0) is 48.7 Å². The molecular weight excluding hydrogens is 350 g/mol. The van der Waals surface area contributed by atoms with Gasteiger partial charge in [0.15, 0.2) is 0 Å². The predicted molar refractivity (Wildman–Crippen MR) is 92.9 cm³/mol. The summed E-state index contributed by atoms with van der Waals surface area (Å²) in [4.78, 5) is 11.7. The molecule has 24 heavy (non-hydrogen) atoms. The summed E-state index contributed by atoms with van der Waals surface area (Å²) in [6.45, 7) is 1.96. The molecule has 0 radical (unpaired) electrons. The first kappa shape index (κ1) is 18.4. The first-order valence-corrected chi connectivity index (χ1v) is 9.12. The second-order valence-corrected chi connectivity index (χ2v) is 7.45. The van der Waals surface area contributed by atoms with Gasteiger partial charge in [0.25, 0.3) is 0 Å². The van der Waals surface area contributed by atoms with Crippen LogP contribution in [0, 0.1) is 6.92 Å². The second-order valence-electron chi connectivity index (χ2n) is 5.24. The van der Waals surface area contributed by atoms with Crippen LogP contribution in [0.2, 0.25) is 5.02 Å². The zero-order valence-electron chi connectivity index (χ0n) is 13.4. The number of carbonyl (C=O) groups excluding carboxylic acids is 1. The van der Waals surface area contributed by atoms with Gasteiger partial charge in [-0.2, -0.15) is 0 Å². The van der Waals surface area contributed by atoms with Crippen LogP contribution >= 0.6 is 11.6 Å². The van der Waals surface area contributed by atoms with E-state index in [-0.39, 0.29) is 17.0 Å². The number of hydrogen-bond acceptors (Lipinski definition) is 4. The summed E-state index contributed by atoms with van der Waals surface area (Å²) in [6, 6.07) is 11.6. The Kier molecular flexibility index (Phi) is 5.99. The number of sulfonamides is 1. The van der Waals surface area contributed by atoms with Crippen LogP contribution in [-0.2, 0) is 21.2 Å². The molecule has 128 valence electrons. The van der Waals surface area contributed by atoms with Crippen molar-refractivity contribution in [2.24, 2.45) is 0 Å². The molecule has 0 aliphatic rings. The number of carbonyl (C=O) groups is 1. The lowest BCUT2D eigenvalue weighted by Gasteiger charge is -2.10. The molecule has 1 N–H and O–H groups in total. The number of methoxy groups -OCH3 is 1. The molecule has 2 aromatic rings. The molecule has 0 amide bonds. The SMILES string of the molecule is COC(=O)c1cc(S(=O)(=O)NCCc2ccc(Cl)cc2)ccc1C. The van der Waals surface area contributed by atoms with Crippen LogP contribution < -0.4 is 4.72 Å². The highest BCUT2D eigenvalue weighted by atomic mass is 35.5. The lowest BCUT2D eigenvalue weighted by atomic mass is 10.1. The topological polar surface area (TPSA) is 72.5 Å². The van der Waals surface area contributed by atoms with Gasteiger partial charge in [0.1, 0.15) is 0 Å². The Bertz CT molecular complexity index is 832. The molecule has 0 aliphatic heterocycles. The Balaban J connectivity index is 2.09. The summed E-state index contributed by atoms with van der Waals surface area (Å²) < 4.78 is 31.9. The van der Waals surface area contributed by atoms with Crippen LogP contribution in [0.3, 0.4) is 0 Å². The molecule has 0 fully saturated rings. The Morgan fingerprint density at radius 2 is 1.83 bits per heavy atom. The first-order valence-electron chi connectivity index (χ1n) is 7.26. The third-order valence-electron chi connectivity index (χ3n) is 3.54. The Morgan fingerprint density at radius 3 is 2.46 bits per heavy atom. The predicted octanol–water partition coefficient (Wildman–Crippen LogP) is 2.96. The Labute approximate surface area is 146 Å². The molecule has 0 saturated heterocycles. The fourth-order valence-corrected chi connectivity index (χ4v) is 3.35. The molecule has 0 unspecified atom stereocenters. The van der Waals surface area contributed by atoms with E-state index in [2.05, 4.69) is 9.46 Å². The van der Waals surface area contributed by atoms with Gasteiger partial charge in [-0.15, -0.1) is 0 Å². The van der Waals surface area contributed by atoms with Gasteiger partial charge in [-0.1, -0.05) is 29.8 Å². The van der Waals surface area contributed by atoms with Crippen LogP contribution in [0.5, 0.6) is 0 Å². The van der Waals surface area contributed by atoms with Gasteiger partial charge in [0, 0.05) is 11.6 Å². The highest BCUT2D eigenvalue weighted by Crippen LogP contribution is 2.17. The van der Waals surface area contributed by atoms with Gasteiger partial charge in [0.05, 0.1) is 17.6 Å². The number of ether oxygens (including phenoxy) is 1. The molecule has 0 aliphatic carbocycles. The molecule has 2 rings (SSSR count). The van der Waals surface area contributed by atoms with Crippen molar-refractivity contribution in [3.63, 3.8) is 0 Å². The van der Waals surface area contributed by atoms with Gasteiger partial charge in [-0.3, -0.25) is 0 Å². The van der Waals surface area contributed by atoms with Crippen molar-refractivity contribution in [2.45, 2.75) is 18.2 Å². The molecule has 5 nitrogen and oxygen atoms in total. The Hall–Kier alpha value is -1.89. The Morgan fingerprint density at radius 1 is 1.17 bits per heavy atom. The molecular formula is C17H18ClNO4S. The van der Waals surface area contributed by atoms with E-state index < -0.39 is 16.0 Å². The molecule has 0 heterocycles. The van der Waals surface area contributed by atoms with E-state index in [0.717, 1.165) is 5.56 Å². The minimum absolute atomic E-state index is 0.0320. The quantitative estimate of drug-likeness (QED) is 0.797. The largest absolute Gasteiger partial charge is 0.465 e. The van der Waals surface area contributed by atoms with Crippen molar-refractivity contribution >= 4 is 27.6 Å². The zero-order valence-corrected chi connectivity index (χ0v) is 14.9. The van der Waals surface area contributed by atoms with Crippen LogP contribution in [0.1, 0.15) is 21.5 Å².